The molecule has 0 heterocycles. The minimum atomic E-state index is -3.46. The number of ketones is 1. The van der Waals surface area contributed by atoms with Gasteiger partial charge in [-0.3, -0.25) is 8.98 Å². The molecule has 2 rings (SSSR count). The normalized spacial score (nSPS) is 35.5. The zero-order chi connectivity index (χ0) is 12.9. The average molecular weight is 260 g/mol. The molecule has 0 radical (unpaired) electrons. The number of Topliss-reactive ketones (excluding diaryl/α,β-unsaturated/α-hetero) is 1. The van der Waals surface area contributed by atoms with Crippen LogP contribution in [0.25, 0.3) is 0 Å². The van der Waals surface area contributed by atoms with E-state index in [-0.39, 0.29) is 23.6 Å². The second kappa shape index (κ2) is 3.79. The van der Waals surface area contributed by atoms with Crippen molar-refractivity contribution in [3.05, 3.63) is 0 Å². The first kappa shape index (κ1) is 13.0. The average Bonchev–Trinajstić information content (AvgIpc) is 2.60. The fraction of sp³-hybridized carbons (Fsp3) is 0.917. The molecule has 0 N–H and O–H groups in total. The molecule has 0 aliphatic heterocycles. The Kier molecular flexibility index (Phi) is 2.90. The molecule has 0 spiro atoms. The first-order valence-electron chi connectivity index (χ1n) is 6.15. The molecule has 2 fully saturated rings. The summed E-state index contributed by atoms with van der Waals surface area (Å²) in [6.45, 7) is 5.71. The molecule has 98 valence electrons. The molecule has 17 heavy (non-hydrogen) atoms. The zero-order valence-corrected chi connectivity index (χ0v) is 11.5. The van der Waals surface area contributed by atoms with Crippen LogP contribution >= 0.6 is 0 Å². The van der Waals surface area contributed by atoms with Gasteiger partial charge < -0.3 is 0 Å². The van der Waals surface area contributed by atoms with Gasteiger partial charge in [0.25, 0.3) is 10.1 Å². The van der Waals surface area contributed by atoms with Crippen LogP contribution in [0.4, 0.5) is 0 Å². The van der Waals surface area contributed by atoms with Crippen molar-refractivity contribution in [1.82, 2.24) is 0 Å². The highest BCUT2D eigenvalue weighted by Crippen LogP contribution is 2.63. The topological polar surface area (TPSA) is 60.4 Å². The zero-order valence-electron chi connectivity index (χ0n) is 10.7. The summed E-state index contributed by atoms with van der Waals surface area (Å²) in [6, 6.07) is 0. The molecule has 5 heteroatoms. The molecule has 0 aromatic rings. The van der Waals surface area contributed by atoms with Gasteiger partial charge in [-0.25, -0.2) is 0 Å². The summed E-state index contributed by atoms with van der Waals surface area (Å²) in [5, 5.41) is 0. The Labute approximate surface area is 103 Å². The van der Waals surface area contributed by atoms with Gasteiger partial charge in [0.15, 0.2) is 0 Å². The second-order valence-electron chi connectivity index (χ2n) is 5.78. The molecular weight excluding hydrogens is 240 g/mol. The minimum absolute atomic E-state index is 0.0332. The Hall–Kier alpha value is -0.420. The van der Waals surface area contributed by atoms with Crippen LogP contribution in [0.2, 0.25) is 0 Å². The lowest BCUT2D eigenvalue weighted by atomic mass is 9.69. The van der Waals surface area contributed by atoms with E-state index < -0.39 is 15.5 Å². The third-order valence-electron chi connectivity index (χ3n) is 4.98. The van der Waals surface area contributed by atoms with Crippen molar-refractivity contribution in [2.45, 2.75) is 40.0 Å². The molecule has 2 aliphatic rings. The van der Waals surface area contributed by atoms with Gasteiger partial charge in [-0.1, -0.05) is 13.8 Å². The van der Waals surface area contributed by atoms with Gasteiger partial charge >= 0.3 is 0 Å². The van der Waals surface area contributed by atoms with Gasteiger partial charge in [-0.15, -0.1) is 0 Å². The summed E-state index contributed by atoms with van der Waals surface area (Å²) >= 11 is 0. The van der Waals surface area contributed by atoms with Crippen molar-refractivity contribution in [1.29, 1.82) is 0 Å². The summed E-state index contributed by atoms with van der Waals surface area (Å²) < 4.78 is 27.9. The summed E-state index contributed by atoms with van der Waals surface area (Å²) in [4.78, 5) is 12.1. The lowest BCUT2D eigenvalue weighted by Gasteiger charge is -2.35. The van der Waals surface area contributed by atoms with Crippen LogP contribution in [0.3, 0.4) is 0 Å². The van der Waals surface area contributed by atoms with Crippen molar-refractivity contribution < 1.29 is 17.4 Å². The molecule has 4 nitrogen and oxygen atoms in total. The highest BCUT2D eigenvalue weighted by atomic mass is 32.2. The van der Waals surface area contributed by atoms with Gasteiger partial charge in [0.05, 0.1) is 17.8 Å². The summed E-state index contributed by atoms with van der Waals surface area (Å²) in [7, 11) is -3.46. The number of carbonyl (C=O) groups is 1. The Morgan fingerprint density at radius 2 is 2.06 bits per heavy atom. The van der Waals surface area contributed by atoms with Gasteiger partial charge in [0, 0.05) is 6.42 Å². The maximum Gasteiger partial charge on any atom is 0.267 e. The van der Waals surface area contributed by atoms with E-state index in [2.05, 4.69) is 13.8 Å². The minimum Gasteiger partial charge on any atom is -0.299 e. The standard InChI is InChI=1S/C12H20O4S/c1-4-17(14,15)16-8-12-6-5-9(7-10(12)13)11(12,2)3/h9H,4-8H2,1-3H3. The second-order valence-corrected chi connectivity index (χ2v) is 7.70. The van der Waals surface area contributed by atoms with Crippen molar-refractivity contribution in [3.8, 4) is 0 Å². The van der Waals surface area contributed by atoms with Crippen LogP contribution in [0.5, 0.6) is 0 Å². The molecular formula is C12H20O4S. The van der Waals surface area contributed by atoms with Gasteiger partial charge in [0.2, 0.25) is 0 Å². The number of fused-ring (bicyclic) bond motifs is 2. The summed E-state index contributed by atoms with van der Waals surface area (Å²) in [5.41, 5.74) is -0.701. The first-order chi connectivity index (χ1) is 7.75. The molecule has 2 bridgehead atoms. The summed E-state index contributed by atoms with van der Waals surface area (Å²) in [5.74, 6) is 0.536. The third kappa shape index (κ3) is 1.74. The smallest absolute Gasteiger partial charge is 0.267 e. The van der Waals surface area contributed by atoms with E-state index in [9.17, 15) is 13.2 Å². The van der Waals surface area contributed by atoms with E-state index in [0.29, 0.717) is 12.3 Å². The highest BCUT2D eigenvalue weighted by molar-refractivity contribution is 7.86. The number of hydrogen-bond donors (Lipinski definition) is 0. The number of hydrogen-bond acceptors (Lipinski definition) is 4. The Bertz CT molecular complexity index is 437. The number of carbonyl (C=O) groups excluding carboxylic acids is 1. The highest BCUT2D eigenvalue weighted by Gasteiger charge is 2.64. The predicted octanol–water partition coefficient (Wildman–Crippen LogP) is 1.75. The SMILES string of the molecule is CCS(=O)(=O)OCC12CCC(CC1=O)C2(C)C. The largest absolute Gasteiger partial charge is 0.299 e. The van der Waals surface area contributed by atoms with Crippen LogP contribution in [-0.4, -0.2) is 26.6 Å². The van der Waals surface area contributed by atoms with Crippen molar-refractivity contribution >= 4 is 15.9 Å². The molecule has 2 unspecified atom stereocenters. The molecule has 2 aliphatic carbocycles. The van der Waals surface area contributed by atoms with Gasteiger partial charge in [-0.2, -0.15) is 8.42 Å². The maximum atomic E-state index is 12.1. The fourth-order valence-corrected chi connectivity index (χ4v) is 3.93. The van der Waals surface area contributed by atoms with Crippen LogP contribution in [0.1, 0.15) is 40.0 Å². The van der Waals surface area contributed by atoms with Gasteiger partial charge in [0.1, 0.15) is 5.78 Å². The van der Waals surface area contributed by atoms with E-state index in [1.54, 1.807) is 6.92 Å². The van der Waals surface area contributed by atoms with Crippen molar-refractivity contribution in [2.75, 3.05) is 12.4 Å². The molecule has 2 atom stereocenters. The fourth-order valence-electron chi connectivity index (χ4n) is 3.38. The van der Waals surface area contributed by atoms with E-state index >= 15 is 0 Å². The Morgan fingerprint density at radius 1 is 1.41 bits per heavy atom. The first-order valence-corrected chi connectivity index (χ1v) is 7.73. The summed E-state index contributed by atoms with van der Waals surface area (Å²) in [6.07, 6.45) is 2.36. The maximum absolute atomic E-state index is 12.1. The quantitative estimate of drug-likeness (QED) is 0.722. The van der Waals surface area contributed by atoms with E-state index in [0.717, 1.165) is 12.8 Å². The van der Waals surface area contributed by atoms with Crippen LogP contribution < -0.4 is 0 Å². The Balaban J connectivity index is 2.21. The van der Waals surface area contributed by atoms with Crippen molar-refractivity contribution in [3.63, 3.8) is 0 Å². The monoisotopic (exact) mass is 260 g/mol. The predicted molar refractivity (Wildman–Crippen MR) is 64.0 cm³/mol. The van der Waals surface area contributed by atoms with Crippen LogP contribution in [0.15, 0.2) is 0 Å². The molecule has 0 aromatic heterocycles. The number of rotatable bonds is 4. The van der Waals surface area contributed by atoms with Crippen molar-refractivity contribution in [2.24, 2.45) is 16.7 Å². The van der Waals surface area contributed by atoms with E-state index in [1.165, 1.54) is 0 Å². The molecule has 0 amide bonds. The lowest BCUT2D eigenvalue weighted by Crippen LogP contribution is -2.41. The molecule has 0 aromatic carbocycles. The van der Waals surface area contributed by atoms with Crippen LogP contribution in [0, 0.1) is 16.7 Å². The lowest BCUT2D eigenvalue weighted by molar-refractivity contribution is -0.131. The third-order valence-corrected chi connectivity index (χ3v) is 6.16. The molecule has 0 saturated heterocycles. The Morgan fingerprint density at radius 3 is 2.47 bits per heavy atom. The van der Waals surface area contributed by atoms with E-state index in [4.69, 9.17) is 4.18 Å². The molecule has 2 saturated carbocycles. The van der Waals surface area contributed by atoms with Gasteiger partial charge in [-0.05, 0) is 31.1 Å². The van der Waals surface area contributed by atoms with E-state index in [1.807, 2.05) is 0 Å². The van der Waals surface area contributed by atoms with Crippen LogP contribution in [-0.2, 0) is 19.1 Å².